The van der Waals surface area contributed by atoms with Gasteiger partial charge in [-0.25, -0.2) is 4.98 Å². The molecule has 31 heavy (non-hydrogen) atoms. The molecule has 10 heteroatoms. The third-order valence-electron chi connectivity index (χ3n) is 4.37. The maximum atomic E-state index is 11.3. The fraction of sp³-hybridized carbons (Fsp3) is 0.238. The topological polar surface area (TPSA) is 95.9 Å². The second-order valence-corrected chi connectivity index (χ2v) is 9.61. The van der Waals surface area contributed by atoms with Crippen molar-refractivity contribution in [2.45, 2.75) is 37.4 Å². The van der Waals surface area contributed by atoms with Crippen molar-refractivity contribution in [2.24, 2.45) is 5.73 Å². The van der Waals surface area contributed by atoms with Crippen molar-refractivity contribution >= 4 is 40.3 Å². The first-order valence-corrected chi connectivity index (χ1v) is 12.3. The zero-order valence-corrected chi connectivity index (χ0v) is 19.3. The standard InChI is InChI=1S/C21H21N5O2S3/c1-14-4-6-16(7-5-14)28-11-19-23-15(12-30-19)13-31-21-25-24-20(17-3-2-10-29-17)26(21)9-8-18(22)27/h2-7,10,12H,8-9,11,13H2,1H3,(H2,22,27). The van der Waals surface area contributed by atoms with Crippen molar-refractivity contribution in [3.63, 3.8) is 0 Å². The Morgan fingerprint density at radius 3 is 2.77 bits per heavy atom. The first kappa shape index (κ1) is 21.5. The Morgan fingerprint density at radius 2 is 2.03 bits per heavy atom. The molecule has 0 saturated heterocycles. The molecule has 4 aromatic rings. The van der Waals surface area contributed by atoms with Crippen LogP contribution in [0, 0.1) is 6.92 Å². The van der Waals surface area contributed by atoms with Gasteiger partial charge >= 0.3 is 0 Å². The molecule has 0 bridgehead atoms. The Balaban J connectivity index is 1.39. The number of carbonyl (C=O) groups is 1. The first-order valence-electron chi connectivity index (χ1n) is 9.59. The van der Waals surface area contributed by atoms with Crippen molar-refractivity contribution in [1.29, 1.82) is 0 Å². The number of carbonyl (C=O) groups excluding carboxylic acids is 1. The SMILES string of the molecule is Cc1ccc(OCc2nc(CSc3nnc(-c4cccs4)n3CCC(N)=O)cs2)cc1. The highest BCUT2D eigenvalue weighted by atomic mass is 32.2. The lowest BCUT2D eigenvalue weighted by atomic mass is 10.2. The summed E-state index contributed by atoms with van der Waals surface area (Å²) in [7, 11) is 0. The van der Waals surface area contributed by atoms with E-state index in [0.29, 0.717) is 18.9 Å². The Hall–Kier alpha value is -2.69. The predicted octanol–water partition coefficient (Wildman–Crippen LogP) is 4.52. The van der Waals surface area contributed by atoms with E-state index in [-0.39, 0.29) is 12.3 Å². The van der Waals surface area contributed by atoms with Gasteiger partial charge in [-0.05, 0) is 30.5 Å². The number of primary amides is 1. The van der Waals surface area contributed by atoms with Crippen molar-refractivity contribution in [3.8, 4) is 16.5 Å². The normalized spacial score (nSPS) is 11.0. The largest absolute Gasteiger partial charge is 0.486 e. The van der Waals surface area contributed by atoms with E-state index < -0.39 is 0 Å². The zero-order valence-electron chi connectivity index (χ0n) is 16.9. The maximum Gasteiger partial charge on any atom is 0.219 e. The van der Waals surface area contributed by atoms with Crippen LogP contribution in [-0.4, -0.2) is 25.7 Å². The summed E-state index contributed by atoms with van der Waals surface area (Å²) in [4.78, 5) is 17.0. The summed E-state index contributed by atoms with van der Waals surface area (Å²) < 4.78 is 7.77. The maximum absolute atomic E-state index is 11.3. The molecule has 1 amide bonds. The van der Waals surface area contributed by atoms with Crippen LogP contribution in [0.5, 0.6) is 5.75 Å². The molecule has 3 aromatic heterocycles. The van der Waals surface area contributed by atoms with Gasteiger partial charge in [0.05, 0.1) is 10.6 Å². The molecule has 0 radical (unpaired) electrons. The number of aryl methyl sites for hydroxylation is 1. The number of hydrogen-bond acceptors (Lipinski definition) is 8. The van der Waals surface area contributed by atoms with Gasteiger partial charge in [0.1, 0.15) is 17.4 Å². The molecule has 0 spiro atoms. The number of nitrogens with zero attached hydrogens (tertiary/aromatic N) is 4. The number of thioether (sulfide) groups is 1. The van der Waals surface area contributed by atoms with Crippen LogP contribution in [0.2, 0.25) is 0 Å². The van der Waals surface area contributed by atoms with Crippen LogP contribution < -0.4 is 10.5 Å². The van der Waals surface area contributed by atoms with E-state index in [0.717, 1.165) is 32.3 Å². The van der Waals surface area contributed by atoms with Crippen molar-refractivity contribution < 1.29 is 9.53 Å². The number of aromatic nitrogens is 4. The fourth-order valence-corrected chi connectivity index (χ4v) is 5.19. The Morgan fingerprint density at radius 1 is 1.19 bits per heavy atom. The van der Waals surface area contributed by atoms with E-state index in [2.05, 4.69) is 15.2 Å². The van der Waals surface area contributed by atoms with Crippen LogP contribution in [0.4, 0.5) is 0 Å². The summed E-state index contributed by atoms with van der Waals surface area (Å²) in [6, 6.07) is 11.9. The number of ether oxygens (including phenoxy) is 1. The molecule has 0 aliphatic heterocycles. The molecule has 0 saturated carbocycles. The Kier molecular flexibility index (Phi) is 7.00. The highest BCUT2D eigenvalue weighted by molar-refractivity contribution is 7.98. The summed E-state index contributed by atoms with van der Waals surface area (Å²) in [5.41, 5.74) is 7.51. The molecule has 3 heterocycles. The van der Waals surface area contributed by atoms with Gasteiger partial charge < -0.3 is 15.0 Å². The Bertz CT molecular complexity index is 1140. The second kappa shape index (κ2) is 10.1. The van der Waals surface area contributed by atoms with E-state index >= 15 is 0 Å². The number of thiophene rings is 1. The quantitative estimate of drug-likeness (QED) is 0.342. The average molecular weight is 472 g/mol. The minimum absolute atomic E-state index is 0.237. The van der Waals surface area contributed by atoms with E-state index in [1.807, 2.05) is 58.6 Å². The van der Waals surface area contributed by atoms with Crippen molar-refractivity contribution in [2.75, 3.05) is 0 Å². The van der Waals surface area contributed by atoms with Gasteiger partial charge in [0, 0.05) is 24.1 Å². The highest BCUT2D eigenvalue weighted by Gasteiger charge is 2.16. The van der Waals surface area contributed by atoms with Gasteiger partial charge in [-0.2, -0.15) is 0 Å². The van der Waals surface area contributed by atoms with Crippen LogP contribution in [0.3, 0.4) is 0 Å². The summed E-state index contributed by atoms with van der Waals surface area (Å²) in [5.74, 6) is 1.89. The molecular weight excluding hydrogens is 450 g/mol. The predicted molar refractivity (Wildman–Crippen MR) is 124 cm³/mol. The first-order chi connectivity index (χ1) is 15.1. The van der Waals surface area contributed by atoms with Crippen LogP contribution in [0.15, 0.2) is 52.3 Å². The second-order valence-electron chi connectivity index (χ2n) is 6.77. The Labute approximate surface area is 192 Å². The molecule has 4 rings (SSSR count). The molecule has 160 valence electrons. The number of thiazole rings is 1. The zero-order chi connectivity index (χ0) is 21.6. The van der Waals surface area contributed by atoms with E-state index in [1.54, 1.807) is 34.4 Å². The summed E-state index contributed by atoms with van der Waals surface area (Å²) in [6.45, 7) is 2.94. The minimum Gasteiger partial charge on any atom is -0.486 e. The summed E-state index contributed by atoms with van der Waals surface area (Å²) in [5, 5.41) is 14.4. The third kappa shape index (κ3) is 5.72. The van der Waals surface area contributed by atoms with Gasteiger partial charge in [0.15, 0.2) is 11.0 Å². The van der Waals surface area contributed by atoms with Crippen molar-refractivity contribution in [1.82, 2.24) is 19.7 Å². The van der Waals surface area contributed by atoms with Gasteiger partial charge in [0.2, 0.25) is 5.91 Å². The minimum atomic E-state index is -0.348. The van der Waals surface area contributed by atoms with Gasteiger partial charge in [-0.1, -0.05) is 35.5 Å². The molecule has 0 aliphatic carbocycles. The number of benzene rings is 1. The highest BCUT2D eigenvalue weighted by Crippen LogP contribution is 2.29. The lowest BCUT2D eigenvalue weighted by Crippen LogP contribution is -2.14. The van der Waals surface area contributed by atoms with E-state index in [4.69, 9.17) is 10.5 Å². The van der Waals surface area contributed by atoms with E-state index in [9.17, 15) is 4.79 Å². The molecule has 0 unspecified atom stereocenters. The van der Waals surface area contributed by atoms with Crippen LogP contribution in [0.1, 0.15) is 22.7 Å². The molecular formula is C21H21N5O2S3. The fourth-order valence-electron chi connectivity index (χ4n) is 2.81. The molecule has 7 nitrogen and oxygen atoms in total. The number of amides is 1. The van der Waals surface area contributed by atoms with Crippen molar-refractivity contribution in [3.05, 3.63) is 63.4 Å². The molecule has 1 aromatic carbocycles. The summed E-state index contributed by atoms with van der Waals surface area (Å²) >= 11 is 4.71. The monoisotopic (exact) mass is 471 g/mol. The number of nitrogens with two attached hydrogens (primary N) is 1. The van der Waals surface area contributed by atoms with Crippen LogP contribution >= 0.6 is 34.4 Å². The van der Waals surface area contributed by atoms with Crippen LogP contribution in [0.25, 0.3) is 10.7 Å². The number of rotatable bonds is 10. The molecule has 0 atom stereocenters. The average Bonchev–Trinajstić information content (AvgIpc) is 3.50. The summed E-state index contributed by atoms with van der Waals surface area (Å²) in [6.07, 6.45) is 0.237. The lowest BCUT2D eigenvalue weighted by Gasteiger charge is -2.07. The van der Waals surface area contributed by atoms with E-state index in [1.165, 1.54) is 5.56 Å². The molecule has 0 aliphatic rings. The van der Waals surface area contributed by atoms with Gasteiger partial charge in [0.25, 0.3) is 0 Å². The lowest BCUT2D eigenvalue weighted by molar-refractivity contribution is -0.118. The third-order valence-corrected chi connectivity index (χ3v) is 7.11. The van der Waals surface area contributed by atoms with Crippen LogP contribution in [-0.2, 0) is 23.7 Å². The molecule has 0 fully saturated rings. The number of hydrogen-bond donors (Lipinski definition) is 1. The van der Waals surface area contributed by atoms with Gasteiger partial charge in [-0.15, -0.1) is 32.9 Å². The van der Waals surface area contributed by atoms with Gasteiger partial charge in [-0.3, -0.25) is 4.79 Å². The molecule has 2 N–H and O–H groups in total. The smallest absolute Gasteiger partial charge is 0.219 e.